The normalized spacial score (nSPS) is 15.5. The first kappa shape index (κ1) is 13.1. The van der Waals surface area contributed by atoms with Crippen LogP contribution in [0.15, 0.2) is 18.2 Å². The van der Waals surface area contributed by atoms with Crippen LogP contribution in [-0.4, -0.2) is 12.1 Å². The van der Waals surface area contributed by atoms with Gasteiger partial charge < -0.3 is 15.8 Å². The van der Waals surface area contributed by atoms with Crippen LogP contribution in [0.1, 0.15) is 40.0 Å². The number of anilines is 2. The number of nitrogens with two attached hydrogens (primary N) is 1. The first-order valence-electron chi connectivity index (χ1n) is 6.83. The molecule has 0 aromatic heterocycles. The first-order valence-corrected chi connectivity index (χ1v) is 6.83. The topological polar surface area (TPSA) is 47.3 Å². The Kier molecular flexibility index (Phi) is 3.69. The molecule has 1 aromatic rings. The van der Waals surface area contributed by atoms with Crippen molar-refractivity contribution in [2.45, 2.75) is 45.6 Å². The van der Waals surface area contributed by atoms with Crippen molar-refractivity contribution in [1.29, 1.82) is 0 Å². The van der Waals surface area contributed by atoms with Gasteiger partial charge in [0.2, 0.25) is 0 Å². The van der Waals surface area contributed by atoms with E-state index in [0.717, 1.165) is 23.8 Å². The van der Waals surface area contributed by atoms with Gasteiger partial charge in [-0.1, -0.05) is 6.92 Å². The summed E-state index contributed by atoms with van der Waals surface area (Å²) in [5.41, 5.74) is 7.86. The SMILES string of the molecule is CCCOc1cc(NC(C)(C)C2CC2)ccc1N. The molecule has 2 rings (SSSR count). The summed E-state index contributed by atoms with van der Waals surface area (Å²) >= 11 is 0. The van der Waals surface area contributed by atoms with E-state index in [4.69, 9.17) is 10.5 Å². The van der Waals surface area contributed by atoms with Gasteiger partial charge in [-0.05, 0) is 51.2 Å². The van der Waals surface area contributed by atoms with Crippen LogP contribution < -0.4 is 15.8 Å². The number of benzene rings is 1. The van der Waals surface area contributed by atoms with Gasteiger partial charge >= 0.3 is 0 Å². The van der Waals surface area contributed by atoms with Crippen molar-refractivity contribution in [3.63, 3.8) is 0 Å². The van der Waals surface area contributed by atoms with E-state index in [1.54, 1.807) is 0 Å². The van der Waals surface area contributed by atoms with Crippen LogP contribution in [0, 0.1) is 5.92 Å². The average molecular weight is 248 g/mol. The maximum Gasteiger partial charge on any atom is 0.144 e. The number of nitrogens with one attached hydrogen (secondary N) is 1. The number of hydrogen-bond donors (Lipinski definition) is 2. The highest BCUT2D eigenvalue weighted by Crippen LogP contribution is 2.41. The summed E-state index contributed by atoms with van der Waals surface area (Å²) < 4.78 is 5.65. The molecule has 3 N–H and O–H groups in total. The smallest absolute Gasteiger partial charge is 0.144 e. The molecule has 3 nitrogen and oxygen atoms in total. The number of hydrogen-bond acceptors (Lipinski definition) is 3. The third-order valence-corrected chi connectivity index (χ3v) is 3.54. The summed E-state index contributed by atoms with van der Waals surface area (Å²) in [4.78, 5) is 0. The summed E-state index contributed by atoms with van der Waals surface area (Å²) in [6.07, 6.45) is 3.65. The Morgan fingerprint density at radius 2 is 2.11 bits per heavy atom. The molecule has 0 heterocycles. The predicted molar refractivity (Wildman–Crippen MR) is 77.1 cm³/mol. The van der Waals surface area contributed by atoms with Crippen molar-refractivity contribution in [3.8, 4) is 5.75 Å². The largest absolute Gasteiger partial charge is 0.491 e. The summed E-state index contributed by atoms with van der Waals surface area (Å²) in [6, 6.07) is 5.95. The Bertz CT molecular complexity index is 411. The zero-order chi connectivity index (χ0) is 13.2. The Labute approximate surface area is 110 Å². The van der Waals surface area contributed by atoms with Crippen molar-refractivity contribution in [3.05, 3.63) is 18.2 Å². The van der Waals surface area contributed by atoms with Crippen LogP contribution in [0.2, 0.25) is 0 Å². The summed E-state index contributed by atoms with van der Waals surface area (Å²) in [5, 5.41) is 3.59. The molecule has 1 fully saturated rings. The minimum Gasteiger partial charge on any atom is -0.491 e. The highest BCUT2D eigenvalue weighted by atomic mass is 16.5. The van der Waals surface area contributed by atoms with Gasteiger partial charge in [-0.2, -0.15) is 0 Å². The van der Waals surface area contributed by atoms with E-state index in [9.17, 15) is 0 Å². The molecule has 0 radical (unpaired) electrons. The number of rotatable bonds is 6. The lowest BCUT2D eigenvalue weighted by molar-refractivity contribution is 0.319. The molecule has 1 aliphatic rings. The van der Waals surface area contributed by atoms with Gasteiger partial charge in [-0.25, -0.2) is 0 Å². The number of nitrogen functional groups attached to an aromatic ring is 1. The summed E-state index contributed by atoms with van der Waals surface area (Å²) in [5.74, 6) is 1.57. The molecule has 1 aromatic carbocycles. The number of ether oxygens (including phenoxy) is 1. The highest BCUT2D eigenvalue weighted by Gasteiger charge is 2.37. The third-order valence-electron chi connectivity index (χ3n) is 3.54. The maximum absolute atomic E-state index is 5.91. The van der Waals surface area contributed by atoms with Gasteiger partial charge in [0.1, 0.15) is 5.75 Å². The predicted octanol–water partition coefficient (Wildman–Crippen LogP) is 3.66. The van der Waals surface area contributed by atoms with Crippen molar-refractivity contribution in [2.75, 3.05) is 17.7 Å². The maximum atomic E-state index is 5.91. The monoisotopic (exact) mass is 248 g/mol. The minimum atomic E-state index is 0.151. The molecule has 0 spiro atoms. The molecule has 0 aliphatic heterocycles. The molecule has 100 valence electrons. The molecular weight excluding hydrogens is 224 g/mol. The fourth-order valence-corrected chi connectivity index (χ4v) is 2.23. The lowest BCUT2D eigenvalue weighted by Crippen LogP contribution is -2.33. The molecule has 0 saturated heterocycles. The van der Waals surface area contributed by atoms with Gasteiger partial charge in [0.25, 0.3) is 0 Å². The zero-order valence-corrected chi connectivity index (χ0v) is 11.6. The highest BCUT2D eigenvalue weighted by molar-refractivity contribution is 5.62. The molecule has 0 amide bonds. The molecular formula is C15H24N2O. The van der Waals surface area contributed by atoms with E-state index < -0.39 is 0 Å². The Hall–Kier alpha value is -1.38. The van der Waals surface area contributed by atoms with Crippen molar-refractivity contribution in [2.24, 2.45) is 5.92 Å². The van der Waals surface area contributed by atoms with Crippen LogP contribution >= 0.6 is 0 Å². The minimum absolute atomic E-state index is 0.151. The van der Waals surface area contributed by atoms with Gasteiger partial charge in [0, 0.05) is 17.3 Å². The zero-order valence-electron chi connectivity index (χ0n) is 11.6. The van der Waals surface area contributed by atoms with Crippen LogP contribution in [-0.2, 0) is 0 Å². The quantitative estimate of drug-likeness (QED) is 0.755. The fourth-order valence-electron chi connectivity index (χ4n) is 2.23. The van der Waals surface area contributed by atoms with Crippen LogP contribution in [0.3, 0.4) is 0 Å². The third kappa shape index (κ3) is 3.09. The van der Waals surface area contributed by atoms with Crippen LogP contribution in [0.5, 0.6) is 5.75 Å². The Balaban J connectivity index is 2.08. The van der Waals surface area contributed by atoms with Crippen LogP contribution in [0.25, 0.3) is 0 Å². The lowest BCUT2D eigenvalue weighted by atomic mass is 9.98. The van der Waals surface area contributed by atoms with Gasteiger partial charge in [-0.3, -0.25) is 0 Å². The van der Waals surface area contributed by atoms with Gasteiger partial charge in [-0.15, -0.1) is 0 Å². The second kappa shape index (κ2) is 5.09. The molecule has 0 unspecified atom stereocenters. The lowest BCUT2D eigenvalue weighted by Gasteiger charge is -2.28. The molecule has 1 aliphatic carbocycles. The van der Waals surface area contributed by atoms with E-state index in [1.807, 2.05) is 18.2 Å². The van der Waals surface area contributed by atoms with Crippen molar-refractivity contribution in [1.82, 2.24) is 0 Å². The van der Waals surface area contributed by atoms with E-state index >= 15 is 0 Å². The second-order valence-electron chi connectivity index (χ2n) is 5.72. The summed E-state index contributed by atoms with van der Waals surface area (Å²) in [7, 11) is 0. The standard InChI is InChI=1S/C15H24N2O/c1-4-9-18-14-10-12(7-8-13(14)16)17-15(2,3)11-5-6-11/h7-8,10-11,17H,4-6,9,16H2,1-3H3. The first-order chi connectivity index (χ1) is 8.53. The average Bonchev–Trinajstić information content (AvgIpc) is 3.13. The van der Waals surface area contributed by atoms with Crippen molar-refractivity contribution < 1.29 is 4.74 Å². The van der Waals surface area contributed by atoms with E-state index in [0.29, 0.717) is 12.3 Å². The molecule has 0 atom stereocenters. The van der Waals surface area contributed by atoms with Crippen LogP contribution in [0.4, 0.5) is 11.4 Å². The Morgan fingerprint density at radius 3 is 2.72 bits per heavy atom. The van der Waals surface area contributed by atoms with E-state index in [1.165, 1.54) is 12.8 Å². The van der Waals surface area contributed by atoms with E-state index in [-0.39, 0.29) is 5.54 Å². The fraction of sp³-hybridized carbons (Fsp3) is 0.600. The van der Waals surface area contributed by atoms with Gasteiger partial charge in [0.05, 0.1) is 12.3 Å². The van der Waals surface area contributed by atoms with Gasteiger partial charge in [0.15, 0.2) is 0 Å². The molecule has 0 bridgehead atoms. The van der Waals surface area contributed by atoms with E-state index in [2.05, 4.69) is 26.1 Å². The summed E-state index contributed by atoms with van der Waals surface area (Å²) in [6.45, 7) is 7.31. The van der Waals surface area contributed by atoms with Crippen molar-refractivity contribution >= 4 is 11.4 Å². The Morgan fingerprint density at radius 1 is 1.39 bits per heavy atom. The second-order valence-corrected chi connectivity index (χ2v) is 5.72. The molecule has 3 heteroatoms. The molecule has 18 heavy (non-hydrogen) atoms. The molecule has 1 saturated carbocycles.